The van der Waals surface area contributed by atoms with Gasteiger partial charge in [0, 0.05) is 0 Å². The first kappa shape index (κ1) is 10.8. The summed E-state index contributed by atoms with van der Waals surface area (Å²) in [5.74, 6) is 0. The zero-order valence-electron chi connectivity index (χ0n) is 6.76. The molecule has 1 saturated heterocycles. The second-order valence-electron chi connectivity index (χ2n) is 2.93. The summed E-state index contributed by atoms with van der Waals surface area (Å²) in [7, 11) is -5.01. The molecule has 1 unspecified atom stereocenters. The highest BCUT2D eigenvalue weighted by molar-refractivity contribution is 7.92. The third-order valence-electron chi connectivity index (χ3n) is 1.96. The zero-order chi connectivity index (χ0) is 10.1. The molecule has 1 fully saturated rings. The Balaban J connectivity index is 2.80. The van der Waals surface area contributed by atoms with E-state index in [1.165, 1.54) is 0 Å². The highest BCUT2D eigenvalue weighted by atomic mass is 32.2. The summed E-state index contributed by atoms with van der Waals surface area (Å²) in [6.07, 6.45) is 1.29. The van der Waals surface area contributed by atoms with Gasteiger partial charge in [0.1, 0.15) is 5.37 Å². The van der Waals surface area contributed by atoms with Crippen molar-refractivity contribution in [1.29, 1.82) is 0 Å². The van der Waals surface area contributed by atoms with E-state index in [4.69, 9.17) is 0 Å². The molecule has 0 aliphatic carbocycles. The monoisotopic (exact) mass is 217 g/mol. The van der Waals surface area contributed by atoms with Crippen LogP contribution in [0.3, 0.4) is 0 Å². The first-order chi connectivity index (χ1) is 5.86. The molecular formula is C6H10F3NO2S. The van der Waals surface area contributed by atoms with E-state index in [1.807, 2.05) is 0 Å². The molecule has 1 heterocycles. The number of hydrogen-bond donors (Lipinski definition) is 1. The van der Waals surface area contributed by atoms with Gasteiger partial charge in [0.15, 0.2) is 0 Å². The fourth-order valence-corrected chi connectivity index (χ4v) is 2.38. The average Bonchev–Trinajstić information content (AvgIpc) is 2.04. The Morgan fingerprint density at radius 3 is 2.23 bits per heavy atom. The fourth-order valence-electron chi connectivity index (χ4n) is 1.25. The van der Waals surface area contributed by atoms with Gasteiger partial charge in [0.05, 0.1) is 0 Å². The van der Waals surface area contributed by atoms with Crippen LogP contribution < -0.4 is 5.32 Å². The predicted octanol–water partition coefficient (Wildman–Crippen LogP) is 1.02. The molecule has 0 amide bonds. The van der Waals surface area contributed by atoms with E-state index in [0.29, 0.717) is 13.0 Å². The van der Waals surface area contributed by atoms with Crippen LogP contribution in [0.1, 0.15) is 19.3 Å². The lowest BCUT2D eigenvalue weighted by molar-refractivity contribution is -0.0450. The normalized spacial score (nSPS) is 25.9. The fraction of sp³-hybridized carbons (Fsp3) is 1.00. The third-order valence-corrected chi connectivity index (χ3v) is 3.76. The first-order valence-corrected chi connectivity index (χ1v) is 5.44. The summed E-state index contributed by atoms with van der Waals surface area (Å²) in [4.78, 5) is 0. The van der Waals surface area contributed by atoms with Crippen molar-refractivity contribution in [2.45, 2.75) is 30.1 Å². The molecule has 0 aromatic heterocycles. The van der Waals surface area contributed by atoms with Crippen molar-refractivity contribution in [3.8, 4) is 0 Å². The largest absolute Gasteiger partial charge is 0.498 e. The van der Waals surface area contributed by atoms with Crippen LogP contribution in [0.5, 0.6) is 0 Å². The highest BCUT2D eigenvalue weighted by Crippen LogP contribution is 2.29. The molecule has 0 bridgehead atoms. The van der Waals surface area contributed by atoms with Crippen LogP contribution in [-0.2, 0) is 9.84 Å². The standard InChI is InChI=1S/C6H10F3NO2S/c7-6(8,9)13(11,12)5-3-1-2-4-10-5/h5,10H,1-4H2. The Hall–Kier alpha value is -0.300. The molecule has 1 N–H and O–H groups in total. The summed E-state index contributed by atoms with van der Waals surface area (Å²) < 4.78 is 57.6. The summed E-state index contributed by atoms with van der Waals surface area (Å²) in [6, 6.07) is 0. The Morgan fingerprint density at radius 2 is 1.85 bits per heavy atom. The number of piperidine rings is 1. The summed E-state index contributed by atoms with van der Waals surface area (Å²) in [5, 5.41) is 0.915. The summed E-state index contributed by atoms with van der Waals surface area (Å²) in [5.41, 5.74) is -5.14. The first-order valence-electron chi connectivity index (χ1n) is 3.89. The highest BCUT2D eigenvalue weighted by Gasteiger charge is 2.50. The van der Waals surface area contributed by atoms with E-state index in [9.17, 15) is 21.6 Å². The molecule has 0 aromatic rings. The van der Waals surface area contributed by atoms with Gasteiger partial charge in [-0.2, -0.15) is 13.2 Å². The molecule has 0 saturated carbocycles. The van der Waals surface area contributed by atoms with E-state index >= 15 is 0 Å². The lowest BCUT2D eigenvalue weighted by Crippen LogP contribution is -2.46. The lowest BCUT2D eigenvalue weighted by Gasteiger charge is -2.24. The molecule has 0 radical (unpaired) electrons. The zero-order valence-corrected chi connectivity index (χ0v) is 7.58. The maximum absolute atomic E-state index is 12.0. The molecule has 1 aliphatic rings. The minimum atomic E-state index is -5.14. The lowest BCUT2D eigenvalue weighted by atomic mass is 10.2. The van der Waals surface area contributed by atoms with Crippen molar-refractivity contribution in [2.24, 2.45) is 0 Å². The van der Waals surface area contributed by atoms with Gasteiger partial charge in [-0.05, 0) is 25.8 Å². The van der Waals surface area contributed by atoms with Crippen molar-refractivity contribution in [1.82, 2.24) is 5.32 Å². The van der Waals surface area contributed by atoms with E-state index in [0.717, 1.165) is 6.42 Å². The van der Waals surface area contributed by atoms with Gasteiger partial charge >= 0.3 is 5.51 Å². The number of alkyl halides is 3. The number of sulfone groups is 1. The molecule has 0 aromatic carbocycles. The van der Waals surface area contributed by atoms with E-state index in [-0.39, 0.29) is 6.42 Å². The topological polar surface area (TPSA) is 46.2 Å². The van der Waals surface area contributed by atoms with Crippen LogP contribution >= 0.6 is 0 Å². The maximum Gasteiger partial charge on any atom is 0.498 e. The quantitative estimate of drug-likeness (QED) is 0.713. The van der Waals surface area contributed by atoms with Crippen molar-refractivity contribution < 1.29 is 21.6 Å². The van der Waals surface area contributed by atoms with Crippen molar-refractivity contribution >= 4 is 9.84 Å². The Labute approximate surface area is 74.2 Å². The summed E-state index contributed by atoms with van der Waals surface area (Å²) >= 11 is 0. The van der Waals surface area contributed by atoms with Gasteiger partial charge in [-0.3, -0.25) is 0 Å². The van der Waals surface area contributed by atoms with Gasteiger partial charge in [-0.15, -0.1) is 0 Å². The van der Waals surface area contributed by atoms with E-state index < -0.39 is 20.7 Å². The predicted molar refractivity (Wildman–Crippen MR) is 40.6 cm³/mol. The number of rotatable bonds is 1. The van der Waals surface area contributed by atoms with Gasteiger partial charge in [0.2, 0.25) is 0 Å². The number of nitrogens with one attached hydrogen (secondary N) is 1. The maximum atomic E-state index is 12.0. The molecule has 0 spiro atoms. The van der Waals surface area contributed by atoms with Gasteiger partial charge in [0.25, 0.3) is 9.84 Å². The van der Waals surface area contributed by atoms with Gasteiger partial charge in [-0.1, -0.05) is 0 Å². The SMILES string of the molecule is O=S(=O)(C1CCCCN1)C(F)(F)F. The number of halogens is 3. The van der Waals surface area contributed by atoms with Crippen LogP contribution in [0.4, 0.5) is 13.2 Å². The van der Waals surface area contributed by atoms with Crippen LogP contribution in [0.25, 0.3) is 0 Å². The molecule has 1 rings (SSSR count). The van der Waals surface area contributed by atoms with Crippen LogP contribution in [0.15, 0.2) is 0 Å². The molecule has 1 aliphatic heterocycles. The van der Waals surface area contributed by atoms with Crippen molar-refractivity contribution in [2.75, 3.05) is 6.54 Å². The van der Waals surface area contributed by atoms with Crippen LogP contribution in [0.2, 0.25) is 0 Å². The Morgan fingerprint density at radius 1 is 1.23 bits per heavy atom. The average molecular weight is 217 g/mol. The molecule has 3 nitrogen and oxygen atoms in total. The van der Waals surface area contributed by atoms with Crippen LogP contribution in [0, 0.1) is 0 Å². The van der Waals surface area contributed by atoms with E-state index in [2.05, 4.69) is 5.32 Å². The molecule has 1 atom stereocenters. The molecule has 7 heteroatoms. The van der Waals surface area contributed by atoms with Crippen molar-refractivity contribution in [3.05, 3.63) is 0 Å². The summed E-state index contributed by atoms with van der Waals surface area (Å²) in [6.45, 7) is 0.333. The third kappa shape index (κ3) is 2.14. The Bertz CT molecular complexity index is 266. The molecule has 78 valence electrons. The smallest absolute Gasteiger partial charge is 0.301 e. The minimum Gasteiger partial charge on any atom is -0.301 e. The van der Waals surface area contributed by atoms with Gasteiger partial charge < -0.3 is 5.32 Å². The van der Waals surface area contributed by atoms with Gasteiger partial charge in [-0.25, -0.2) is 8.42 Å². The molecular weight excluding hydrogens is 207 g/mol. The molecule has 13 heavy (non-hydrogen) atoms. The second-order valence-corrected chi connectivity index (χ2v) is 5.05. The van der Waals surface area contributed by atoms with Crippen molar-refractivity contribution in [3.63, 3.8) is 0 Å². The van der Waals surface area contributed by atoms with Crippen LogP contribution in [-0.4, -0.2) is 25.8 Å². The Kier molecular flexibility index (Phi) is 2.86. The number of hydrogen-bond acceptors (Lipinski definition) is 3. The van der Waals surface area contributed by atoms with E-state index in [1.54, 1.807) is 0 Å². The second kappa shape index (κ2) is 3.45. The minimum absolute atomic E-state index is 0.0435.